The highest BCUT2D eigenvalue weighted by Gasteiger charge is 2.23. The Morgan fingerprint density at radius 2 is 2.17 bits per heavy atom. The lowest BCUT2D eigenvalue weighted by Gasteiger charge is -2.35. The molecule has 1 N–H and O–H groups in total. The van der Waals surface area contributed by atoms with E-state index in [4.69, 9.17) is 14.5 Å². The number of ether oxygens (including phenoxy) is 2. The molecule has 2 saturated heterocycles. The fraction of sp³-hybridized carbons (Fsp3) is 0.652. The second-order valence-electron chi connectivity index (χ2n) is 8.39. The van der Waals surface area contributed by atoms with Gasteiger partial charge in [0.1, 0.15) is 5.65 Å². The predicted octanol–water partition coefficient (Wildman–Crippen LogP) is 2.81. The number of aliphatic imine (C=N–C) groups is 1. The Hall–Kier alpha value is -2.12. The molecule has 2 fully saturated rings. The predicted molar refractivity (Wildman–Crippen MR) is 119 cm³/mol. The summed E-state index contributed by atoms with van der Waals surface area (Å²) in [4.78, 5) is 11.6. The van der Waals surface area contributed by atoms with Crippen molar-refractivity contribution in [3.63, 3.8) is 0 Å². The number of imidazole rings is 1. The summed E-state index contributed by atoms with van der Waals surface area (Å²) in [6.07, 6.45) is 11.4. The zero-order valence-electron chi connectivity index (χ0n) is 18.3. The lowest BCUT2D eigenvalue weighted by atomic mass is 10.1. The molecule has 2 aromatic heterocycles. The third kappa shape index (κ3) is 5.32. The number of nitrogens with one attached hydrogen (secondary N) is 1. The van der Waals surface area contributed by atoms with Crippen molar-refractivity contribution >= 4 is 11.6 Å². The molecule has 4 heterocycles. The largest absolute Gasteiger partial charge is 0.376 e. The van der Waals surface area contributed by atoms with Crippen molar-refractivity contribution in [3.05, 3.63) is 35.8 Å². The first-order valence-corrected chi connectivity index (χ1v) is 11.3. The van der Waals surface area contributed by atoms with Crippen LogP contribution in [-0.2, 0) is 15.9 Å². The molecule has 7 heteroatoms. The van der Waals surface area contributed by atoms with Gasteiger partial charge in [-0.25, -0.2) is 4.98 Å². The number of fused-ring (bicyclic) bond motifs is 1. The smallest absolute Gasteiger partial charge is 0.193 e. The van der Waals surface area contributed by atoms with Crippen LogP contribution in [0.2, 0.25) is 0 Å². The van der Waals surface area contributed by atoms with E-state index in [1.807, 2.05) is 7.05 Å². The van der Waals surface area contributed by atoms with E-state index >= 15 is 0 Å². The van der Waals surface area contributed by atoms with Crippen molar-refractivity contribution in [1.82, 2.24) is 19.6 Å². The molecule has 0 amide bonds. The third-order valence-electron chi connectivity index (χ3n) is 6.14. The molecule has 30 heavy (non-hydrogen) atoms. The van der Waals surface area contributed by atoms with E-state index in [9.17, 15) is 0 Å². The van der Waals surface area contributed by atoms with Crippen molar-refractivity contribution in [1.29, 1.82) is 0 Å². The Kier molecular flexibility index (Phi) is 7.23. The van der Waals surface area contributed by atoms with Gasteiger partial charge >= 0.3 is 0 Å². The third-order valence-corrected chi connectivity index (χ3v) is 6.14. The summed E-state index contributed by atoms with van der Waals surface area (Å²) in [5.74, 6) is 0.976. The SMILES string of the molecule is CN=C(NCCc1cn2cccc(C)c2n1)N1CCC(OCC2CCCCO2)CC1. The molecule has 0 radical (unpaired) electrons. The van der Waals surface area contributed by atoms with Crippen LogP contribution in [0.5, 0.6) is 0 Å². The van der Waals surface area contributed by atoms with Crippen LogP contribution in [0.3, 0.4) is 0 Å². The van der Waals surface area contributed by atoms with Gasteiger partial charge in [0.2, 0.25) is 0 Å². The van der Waals surface area contributed by atoms with Crippen LogP contribution >= 0.6 is 0 Å². The number of nitrogens with zero attached hydrogens (tertiary/aromatic N) is 4. The highest BCUT2D eigenvalue weighted by molar-refractivity contribution is 5.80. The first kappa shape index (κ1) is 21.1. The van der Waals surface area contributed by atoms with Crippen LogP contribution in [0, 0.1) is 6.92 Å². The fourth-order valence-electron chi connectivity index (χ4n) is 4.38. The molecular formula is C23H35N5O2. The van der Waals surface area contributed by atoms with Gasteiger partial charge in [-0.05, 0) is 50.7 Å². The fourth-order valence-corrected chi connectivity index (χ4v) is 4.38. The highest BCUT2D eigenvalue weighted by Crippen LogP contribution is 2.18. The number of hydrogen-bond acceptors (Lipinski definition) is 4. The number of guanidine groups is 1. The van der Waals surface area contributed by atoms with E-state index in [1.54, 1.807) is 0 Å². The molecule has 1 atom stereocenters. The van der Waals surface area contributed by atoms with Gasteiger partial charge in [0, 0.05) is 52.1 Å². The summed E-state index contributed by atoms with van der Waals surface area (Å²) >= 11 is 0. The lowest BCUT2D eigenvalue weighted by molar-refractivity contribution is -0.0721. The number of rotatable bonds is 6. The average Bonchev–Trinajstić information content (AvgIpc) is 3.21. The second kappa shape index (κ2) is 10.3. The van der Waals surface area contributed by atoms with Crippen LogP contribution in [0.15, 0.2) is 29.5 Å². The Balaban J connectivity index is 1.19. The maximum absolute atomic E-state index is 6.14. The zero-order valence-corrected chi connectivity index (χ0v) is 18.3. The van der Waals surface area contributed by atoms with Gasteiger partial charge in [-0.1, -0.05) is 6.07 Å². The minimum absolute atomic E-state index is 0.301. The van der Waals surface area contributed by atoms with Gasteiger partial charge in [-0.3, -0.25) is 4.99 Å². The number of piperidine rings is 1. The molecule has 0 aromatic carbocycles. The van der Waals surface area contributed by atoms with Crippen LogP contribution in [0.1, 0.15) is 43.4 Å². The van der Waals surface area contributed by atoms with Crippen molar-refractivity contribution in [2.24, 2.45) is 4.99 Å². The van der Waals surface area contributed by atoms with Crippen LogP contribution in [0.4, 0.5) is 0 Å². The van der Waals surface area contributed by atoms with Gasteiger partial charge in [0.05, 0.1) is 24.5 Å². The minimum atomic E-state index is 0.301. The van der Waals surface area contributed by atoms with E-state index in [2.05, 4.69) is 51.1 Å². The Bertz CT molecular complexity index is 835. The number of likely N-dealkylation sites (tertiary alicyclic amines) is 1. The van der Waals surface area contributed by atoms with Crippen LogP contribution in [-0.4, -0.2) is 72.3 Å². The molecule has 2 aliphatic rings. The van der Waals surface area contributed by atoms with Crippen molar-refractivity contribution in [2.75, 3.05) is 39.9 Å². The summed E-state index contributed by atoms with van der Waals surface area (Å²) in [6, 6.07) is 4.16. The maximum atomic E-state index is 6.14. The molecule has 0 bridgehead atoms. The Labute approximate surface area is 179 Å². The van der Waals surface area contributed by atoms with Crippen molar-refractivity contribution in [2.45, 2.75) is 57.7 Å². The molecule has 0 spiro atoms. The summed E-state index contributed by atoms with van der Waals surface area (Å²) in [6.45, 7) is 6.51. The number of pyridine rings is 1. The molecule has 7 nitrogen and oxygen atoms in total. The van der Waals surface area contributed by atoms with Gasteiger partial charge in [0.15, 0.2) is 5.96 Å². The normalized spacial score (nSPS) is 21.3. The van der Waals surface area contributed by atoms with E-state index < -0.39 is 0 Å². The van der Waals surface area contributed by atoms with Crippen LogP contribution < -0.4 is 5.32 Å². The maximum Gasteiger partial charge on any atom is 0.193 e. The van der Waals surface area contributed by atoms with Gasteiger partial charge < -0.3 is 24.1 Å². The topological polar surface area (TPSA) is 63.4 Å². The quantitative estimate of drug-likeness (QED) is 0.583. The van der Waals surface area contributed by atoms with Crippen LogP contribution in [0.25, 0.3) is 5.65 Å². The molecule has 1 unspecified atom stereocenters. The first-order chi connectivity index (χ1) is 14.7. The summed E-state index contributed by atoms with van der Waals surface area (Å²) < 4.78 is 14.0. The summed E-state index contributed by atoms with van der Waals surface area (Å²) in [5.41, 5.74) is 3.34. The van der Waals surface area contributed by atoms with E-state index in [0.29, 0.717) is 12.2 Å². The zero-order chi connectivity index (χ0) is 20.8. The van der Waals surface area contributed by atoms with Gasteiger partial charge in [-0.2, -0.15) is 0 Å². The van der Waals surface area contributed by atoms with E-state index in [1.165, 1.54) is 18.4 Å². The standard InChI is InChI=1S/C23H35N5O2/c1-18-6-5-12-28-16-19(26-22(18)28)8-11-25-23(24-2)27-13-9-20(10-14-27)30-17-21-7-3-4-15-29-21/h5-6,12,16,20-21H,3-4,7-11,13-15,17H2,1-2H3,(H,24,25). The molecule has 4 rings (SSSR count). The molecule has 2 aromatic rings. The van der Waals surface area contributed by atoms with Gasteiger partial charge in [-0.15, -0.1) is 0 Å². The van der Waals surface area contributed by atoms with E-state index in [-0.39, 0.29) is 0 Å². The van der Waals surface area contributed by atoms with E-state index in [0.717, 1.165) is 75.8 Å². The highest BCUT2D eigenvalue weighted by atomic mass is 16.5. The molecular weight excluding hydrogens is 378 g/mol. The van der Waals surface area contributed by atoms with Crippen molar-refractivity contribution < 1.29 is 9.47 Å². The molecule has 164 valence electrons. The lowest BCUT2D eigenvalue weighted by Crippen LogP contribution is -2.47. The number of hydrogen-bond donors (Lipinski definition) is 1. The molecule has 0 saturated carbocycles. The number of aryl methyl sites for hydroxylation is 1. The number of aromatic nitrogens is 2. The van der Waals surface area contributed by atoms with Crippen molar-refractivity contribution in [3.8, 4) is 0 Å². The minimum Gasteiger partial charge on any atom is -0.376 e. The Morgan fingerprint density at radius 3 is 2.90 bits per heavy atom. The summed E-state index contributed by atoms with van der Waals surface area (Å²) in [5, 5.41) is 3.51. The van der Waals surface area contributed by atoms with Gasteiger partial charge in [0.25, 0.3) is 0 Å². The molecule has 2 aliphatic heterocycles. The first-order valence-electron chi connectivity index (χ1n) is 11.3. The summed E-state index contributed by atoms with van der Waals surface area (Å²) in [7, 11) is 1.86. The average molecular weight is 414 g/mol. The Morgan fingerprint density at radius 1 is 1.30 bits per heavy atom. The monoisotopic (exact) mass is 413 g/mol. The second-order valence-corrected chi connectivity index (χ2v) is 8.39. The molecule has 0 aliphatic carbocycles.